The molecule has 0 radical (unpaired) electrons. The van der Waals surface area contributed by atoms with E-state index in [2.05, 4.69) is 20.7 Å². The number of carbonyl (C=O) groups is 2. The molecule has 2 heterocycles. The highest BCUT2D eigenvalue weighted by molar-refractivity contribution is 6.03. The van der Waals surface area contributed by atoms with Gasteiger partial charge in [0.05, 0.1) is 23.3 Å². The molecule has 2 aromatic heterocycles. The fraction of sp³-hybridized carbons (Fsp3) is 0.278. The van der Waals surface area contributed by atoms with Gasteiger partial charge in [0.2, 0.25) is 0 Å². The van der Waals surface area contributed by atoms with Gasteiger partial charge in [-0.1, -0.05) is 22.9 Å². The Morgan fingerprint density at radius 2 is 1.81 bits per heavy atom. The summed E-state index contributed by atoms with van der Waals surface area (Å²) in [4.78, 5) is 23.9. The van der Waals surface area contributed by atoms with Gasteiger partial charge in [-0.2, -0.15) is 5.10 Å². The Hall–Kier alpha value is -3.49. The lowest BCUT2D eigenvalue weighted by Crippen LogP contribution is -2.35. The molecule has 2 N–H and O–H groups in total. The average molecular weight is 368 g/mol. The van der Waals surface area contributed by atoms with E-state index in [1.807, 2.05) is 31.2 Å². The summed E-state index contributed by atoms with van der Waals surface area (Å²) < 4.78 is 2.87. The lowest BCUT2D eigenvalue weighted by Gasteiger charge is -2.19. The molecule has 0 fully saturated rings. The molecule has 1 amide bonds. The van der Waals surface area contributed by atoms with E-state index in [9.17, 15) is 14.7 Å². The van der Waals surface area contributed by atoms with E-state index in [0.29, 0.717) is 11.4 Å². The minimum absolute atomic E-state index is 0.181. The number of carboxylic acids is 1. The van der Waals surface area contributed by atoms with Gasteiger partial charge in [-0.15, -0.1) is 5.10 Å². The van der Waals surface area contributed by atoms with Gasteiger partial charge in [-0.25, -0.2) is 9.48 Å². The topological polar surface area (TPSA) is 115 Å². The molecule has 1 aromatic carbocycles. The van der Waals surface area contributed by atoms with Crippen molar-refractivity contribution >= 4 is 17.6 Å². The van der Waals surface area contributed by atoms with Crippen LogP contribution in [0.2, 0.25) is 0 Å². The molecular formula is C18H20N6O3. The number of aromatic nitrogens is 5. The van der Waals surface area contributed by atoms with Crippen LogP contribution in [0.15, 0.2) is 36.7 Å². The van der Waals surface area contributed by atoms with E-state index in [4.69, 9.17) is 0 Å². The largest absolute Gasteiger partial charge is 0.479 e. The normalized spacial score (nSPS) is 11.4. The average Bonchev–Trinajstić information content (AvgIpc) is 3.23. The number of aliphatic carboxylic acids is 1. The number of rotatable bonds is 5. The van der Waals surface area contributed by atoms with Crippen molar-refractivity contribution in [3.8, 4) is 5.69 Å². The molecule has 0 aliphatic rings. The number of hydrogen-bond donors (Lipinski definition) is 2. The molecule has 0 bridgehead atoms. The van der Waals surface area contributed by atoms with Crippen LogP contribution in [-0.2, 0) is 10.3 Å². The zero-order valence-electron chi connectivity index (χ0n) is 15.5. The predicted octanol–water partition coefficient (Wildman–Crippen LogP) is 2.15. The minimum atomic E-state index is -1.23. The second-order valence-corrected chi connectivity index (χ2v) is 6.76. The lowest BCUT2D eigenvalue weighted by molar-refractivity contribution is -0.146. The number of nitrogens with one attached hydrogen (secondary N) is 1. The Morgan fingerprint density at radius 3 is 2.44 bits per heavy atom. The summed E-state index contributed by atoms with van der Waals surface area (Å²) in [6.45, 7) is 6.78. The number of anilines is 1. The smallest absolute Gasteiger partial charge is 0.331 e. The van der Waals surface area contributed by atoms with Gasteiger partial charge in [0.15, 0.2) is 11.2 Å². The molecule has 0 saturated carbocycles. The van der Waals surface area contributed by atoms with Crippen molar-refractivity contribution in [1.29, 1.82) is 0 Å². The number of hydrogen-bond acceptors (Lipinski definition) is 5. The van der Waals surface area contributed by atoms with Crippen molar-refractivity contribution in [2.75, 3.05) is 5.32 Å². The minimum Gasteiger partial charge on any atom is -0.479 e. The van der Waals surface area contributed by atoms with Gasteiger partial charge < -0.3 is 10.4 Å². The van der Waals surface area contributed by atoms with Crippen molar-refractivity contribution in [2.24, 2.45) is 0 Å². The monoisotopic (exact) mass is 368 g/mol. The molecule has 0 unspecified atom stereocenters. The molecule has 3 rings (SSSR count). The van der Waals surface area contributed by atoms with E-state index in [0.717, 1.165) is 11.3 Å². The van der Waals surface area contributed by atoms with Gasteiger partial charge >= 0.3 is 5.97 Å². The molecule has 9 heteroatoms. The zero-order valence-corrected chi connectivity index (χ0v) is 15.5. The molecule has 0 aliphatic heterocycles. The number of benzene rings is 1. The Labute approximate surface area is 155 Å². The Kier molecular flexibility index (Phi) is 4.52. The molecule has 9 nitrogen and oxygen atoms in total. The van der Waals surface area contributed by atoms with Crippen molar-refractivity contribution < 1.29 is 14.7 Å². The van der Waals surface area contributed by atoms with Crippen LogP contribution in [0.4, 0.5) is 5.69 Å². The molecule has 0 saturated heterocycles. The SMILES string of the molecule is Cc1ccc(-n2nnc(C(=O)Nc3cnn(C(C)(C)C(=O)O)c3)c2C)cc1. The molecule has 0 atom stereocenters. The van der Waals surface area contributed by atoms with Crippen LogP contribution in [0.1, 0.15) is 35.6 Å². The summed E-state index contributed by atoms with van der Waals surface area (Å²) in [5.41, 5.74) is 1.85. The number of amides is 1. The van der Waals surface area contributed by atoms with Crippen LogP contribution in [0, 0.1) is 13.8 Å². The van der Waals surface area contributed by atoms with E-state index >= 15 is 0 Å². The summed E-state index contributed by atoms with van der Waals surface area (Å²) in [6.07, 6.45) is 2.86. The first-order chi connectivity index (χ1) is 12.7. The van der Waals surface area contributed by atoms with Gasteiger partial charge in [0.1, 0.15) is 0 Å². The highest BCUT2D eigenvalue weighted by Crippen LogP contribution is 2.19. The van der Waals surface area contributed by atoms with Gasteiger partial charge in [0, 0.05) is 6.20 Å². The molecular weight excluding hydrogens is 348 g/mol. The van der Waals surface area contributed by atoms with Crippen molar-refractivity contribution in [3.05, 3.63) is 53.6 Å². The number of aryl methyl sites for hydroxylation is 1. The van der Waals surface area contributed by atoms with E-state index in [1.54, 1.807) is 11.6 Å². The van der Waals surface area contributed by atoms with Crippen molar-refractivity contribution in [1.82, 2.24) is 24.8 Å². The Balaban J connectivity index is 1.81. The molecule has 0 aliphatic carbocycles. The summed E-state index contributed by atoms with van der Waals surface area (Å²) >= 11 is 0. The van der Waals surface area contributed by atoms with E-state index in [-0.39, 0.29) is 5.69 Å². The summed E-state index contributed by atoms with van der Waals surface area (Å²) in [5.74, 6) is -1.47. The highest BCUT2D eigenvalue weighted by atomic mass is 16.4. The molecule has 3 aromatic rings. The highest BCUT2D eigenvalue weighted by Gasteiger charge is 2.30. The maximum Gasteiger partial charge on any atom is 0.331 e. The number of carboxylic acid groups (broad SMARTS) is 1. The summed E-state index contributed by atoms with van der Waals surface area (Å²) in [6, 6.07) is 7.71. The second-order valence-electron chi connectivity index (χ2n) is 6.76. The Bertz CT molecular complexity index is 1000. The maximum absolute atomic E-state index is 12.5. The lowest BCUT2D eigenvalue weighted by atomic mass is 10.1. The summed E-state index contributed by atoms with van der Waals surface area (Å²) in [5, 5.41) is 24.0. The molecule has 0 spiro atoms. The van der Waals surface area contributed by atoms with Crippen LogP contribution >= 0.6 is 0 Å². The van der Waals surface area contributed by atoms with Crippen LogP contribution in [0.3, 0.4) is 0 Å². The third-order valence-corrected chi connectivity index (χ3v) is 4.32. The molecule has 140 valence electrons. The number of carbonyl (C=O) groups excluding carboxylic acids is 1. The second kappa shape index (κ2) is 6.67. The first kappa shape index (κ1) is 18.3. The first-order valence-corrected chi connectivity index (χ1v) is 8.29. The fourth-order valence-corrected chi connectivity index (χ4v) is 2.45. The van der Waals surface area contributed by atoms with Gasteiger partial charge in [-0.05, 0) is 39.8 Å². The fourth-order valence-electron chi connectivity index (χ4n) is 2.45. The zero-order chi connectivity index (χ0) is 19.8. The first-order valence-electron chi connectivity index (χ1n) is 8.29. The van der Waals surface area contributed by atoms with E-state index in [1.165, 1.54) is 30.9 Å². The predicted molar refractivity (Wildman–Crippen MR) is 98.0 cm³/mol. The molecule has 27 heavy (non-hydrogen) atoms. The van der Waals surface area contributed by atoms with Gasteiger partial charge in [-0.3, -0.25) is 9.48 Å². The number of nitrogens with zero attached hydrogens (tertiary/aromatic N) is 5. The third kappa shape index (κ3) is 3.43. The van der Waals surface area contributed by atoms with Crippen molar-refractivity contribution in [2.45, 2.75) is 33.2 Å². The Morgan fingerprint density at radius 1 is 1.15 bits per heavy atom. The van der Waals surface area contributed by atoms with Crippen LogP contribution < -0.4 is 5.32 Å². The van der Waals surface area contributed by atoms with Gasteiger partial charge in [0.25, 0.3) is 5.91 Å². The van der Waals surface area contributed by atoms with Crippen molar-refractivity contribution in [3.63, 3.8) is 0 Å². The quantitative estimate of drug-likeness (QED) is 0.713. The van der Waals surface area contributed by atoms with E-state index < -0.39 is 17.4 Å². The standard InChI is InChI=1S/C18H20N6O3/c1-11-5-7-14(8-6-11)24-12(2)15(21-22-24)16(25)20-13-9-19-23(10-13)18(3,4)17(26)27/h5-10H,1-4H3,(H,20,25)(H,26,27). The summed E-state index contributed by atoms with van der Waals surface area (Å²) in [7, 11) is 0. The maximum atomic E-state index is 12.5. The third-order valence-electron chi connectivity index (χ3n) is 4.32. The van der Waals surface area contributed by atoms with Crippen LogP contribution in [0.5, 0.6) is 0 Å². The van der Waals surface area contributed by atoms with Crippen LogP contribution in [-0.4, -0.2) is 41.8 Å². The van der Waals surface area contributed by atoms with Crippen LogP contribution in [0.25, 0.3) is 5.69 Å².